The fourth-order valence-corrected chi connectivity index (χ4v) is 7.19. The number of fused-ring (bicyclic) bond motifs is 2. The first-order valence-corrected chi connectivity index (χ1v) is 12.5. The van der Waals surface area contributed by atoms with Crippen LogP contribution in [0.2, 0.25) is 5.02 Å². The van der Waals surface area contributed by atoms with Gasteiger partial charge in [0, 0.05) is 45.3 Å². The SMILES string of the molecule is O=C1CN(S(=O)(=O)c2cc3ccc(Cl)cc3s2)C[C@H](CO)N1Cc1cc2cnccc2[nH]1. The highest BCUT2D eigenvalue weighted by molar-refractivity contribution is 7.91. The number of aromatic amines is 1. The normalized spacial score (nSPS) is 18.1. The second kappa shape index (κ2) is 8.13. The Morgan fingerprint density at radius 3 is 2.84 bits per heavy atom. The maximum Gasteiger partial charge on any atom is 0.253 e. The molecular weight excluding hydrogens is 472 g/mol. The van der Waals surface area contributed by atoms with Gasteiger partial charge in [-0.05, 0) is 35.7 Å². The van der Waals surface area contributed by atoms with Crippen molar-refractivity contribution in [2.24, 2.45) is 0 Å². The van der Waals surface area contributed by atoms with E-state index in [0.717, 1.165) is 42.3 Å². The number of aliphatic hydroxyl groups excluding tert-OH is 1. The number of thiophene rings is 1. The molecular formula is C21H19ClN4O4S2. The average Bonchev–Trinajstić information content (AvgIpc) is 3.38. The maximum atomic E-state index is 13.3. The van der Waals surface area contributed by atoms with E-state index in [1.165, 1.54) is 4.90 Å². The molecule has 4 heterocycles. The lowest BCUT2D eigenvalue weighted by molar-refractivity contribution is -0.139. The van der Waals surface area contributed by atoms with Crippen LogP contribution in [0.1, 0.15) is 5.69 Å². The van der Waals surface area contributed by atoms with Crippen molar-refractivity contribution in [1.82, 2.24) is 19.2 Å². The molecule has 0 saturated carbocycles. The van der Waals surface area contributed by atoms with Gasteiger partial charge in [-0.1, -0.05) is 17.7 Å². The number of halogens is 1. The summed E-state index contributed by atoms with van der Waals surface area (Å²) in [6, 6.07) is 9.87. The predicted octanol–water partition coefficient (Wildman–Crippen LogP) is 2.83. The van der Waals surface area contributed by atoms with Crippen LogP contribution in [0.5, 0.6) is 0 Å². The third-order valence-electron chi connectivity index (χ3n) is 5.57. The molecule has 1 amide bonds. The molecule has 3 aromatic heterocycles. The minimum absolute atomic E-state index is 0.0152. The molecule has 1 aliphatic heterocycles. The second-order valence-corrected chi connectivity index (χ2v) is 11.3. The maximum absolute atomic E-state index is 13.3. The van der Waals surface area contributed by atoms with Crippen molar-refractivity contribution in [1.29, 1.82) is 0 Å². The number of H-pyrrole nitrogens is 1. The number of hydrogen-bond donors (Lipinski definition) is 2. The summed E-state index contributed by atoms with van der Waals surface area (Å²) in [4.78, 5) is 21.8. The number of sulfonamides is 1. The largest absolute Gasteiger partial charge is 0.394 e. The zero-order chi connectivity index (χ0) is 22.5. The number of benzene rings is 1. The van der Waals surface area contributed by atoms with Crippen molar-refractivity contribution in [3.63, 3.8) is 0 Å². The molecule has 1 aliphatic rings. The van der Waals surface area contributed by atoms with Crippen LogP contribution in [0, 0.1) is 0 Å². The Hall–Kier alpha value is -2.50. The van der Waals surface area contributed by atoms with Crippen molar-refractivity contribution >= 4 is 59.9 Å². The number of nitrogens with one attached hydrogen (secondary N) is 1. The molecule has 1 aromatic carbocycles. The number of hydrogen-bond acceptors (Lipinski definition) is 6. The van der Waals surface area contributed by atoms with Gasteiger partial charge in [0.15, 0.2) is 0 Å². The molecule has 1 saturated heterocycles. The van der Waals surface area contributed by atoms with E-state index >= 15 is 0 Å². The highest BCUT2D eigenvalue weighted by Gasteiger charge is 2.39. The van der Waals surface area contributed by atoms with E-state index in [4.69, 9.17) is 11.6 Å². The number of carbonyl (C=O) groups excluding carboxylic acids is 1. The van der Waals surface area contributed by atoms with E-state index < -0.39 is 16.1 Å². The molecule has 1 fully saturated rings. The topological polar surface area (TPSA) is 107 Å². The predicted molar refractivity (Wildman–Crippen MR) is 123 cm³/mol. The van der Waals surface area contributed by atoms with E-state index in [0.29, 0.717) is 5.02 Å². The summed E-state index contributed by atoms with van der Waals surface area (Å²) in [6.07, 6.45) is 3.40. The third-order valence-corrected chi connectivity index (χ3v) is 9.16. The molecule has 0 bridgehead atoms. The van der Waals surface area contributed by atoms with Gasteiger partial charge in [-0.15, -0.1) is 11.3 Å². The van der Waals surface area contributed by atoms with Crippen LogP contribution in [0.15, 0.2) is 53.0 Å². The highest BCUT2D eigenvalue weighted by Crippen LogP contribution is 2.33. The minimum Gasteiger partial charge on any atom is -0.394 e. The first-order valence-electron chi connectivity index (χ1n) is 9.86. The lowest BCUT2D eigenvalue weighted by Gasteiger charge is -2.39. The molecule has 0 aliphatic carbocycles. The fraction of sp³-hybridized carbons (Fsp3) is 0.238. The Morgan fingerprint density at radius 2 is 2.06 bits per heavy atom. The number of amides is 1. The molecule has 8 nitrogen and oxygen atoms in total. The molecule has 11 heteroatoms. The molecule has 0 unspecified atom stereocenters. The third kappa shape index (κ3) is 3.78. The lowest BCUT2D eigenvalue weighted by atomic mass is 10.2. The van der Waals surface area contributed by atoms with E-state index in [-0.39, 0.29) is 36.4 Å². The van der Waals surface area contributed by atoms with E-state index in [1.54, 1.807) is 36.7 Å². The smallest absolute Gasteiger partial charge is 0.253 e. The molecule has 1 atom stereocenters. The van der Waals surface area contributed by atoms with Gasteiger partial charge in [0.2, 0.25) is 5.91 Å². The fourth-order valence-electron chi connectivity index (χ4n) is 3.94. The molecule has 4 aromatic rings. The minimum atomic E-state index is -3.90. The van der Waals surface area contributed by atoms with Crippen LogP contribution in [0.4, 0.5) is 0 Å². The molecule has 166 valence electrons. The standard InChI is InChI=1S/C21H19ClN4O4S2/c22-15-2-1-13-6-21(31-19(13)7-15)32(29,30)25-10-17(12-27)26(20(28)11-25)9-16-5-14-8-23-4-3-18(14)24-16/h1-8,17,24,27H,9-12H2/t17-/m1/s1. The Bertz CT molecular complexity index is 1400. The van der Waals surface area contributed by atoms with Crippen LogP contribution in [0.25, 0.3) is 21.0 Å². The molecule has 32 heavy (non-hydrogen) atoms. The van der Waals surface area contributed by atoms with Gasteiger partial charge in [-0.25, -0.2) is 8.42 Å². The van der Waals surface area contributed by atoms with Gasteiger partial charge in [0.25, 0.3) is 10.0 Å². The summed E-state index contributed by atoms with van der Waals surface area (Å²) < 4.78 is 28.6. The van der Waals surface area contributed by atoms with Gasteiger partial charge in [0.05, 0.1) is 25.7 Å². The number of aliphatic hydroxyl groups is 1. The van der Waals surface area contributed by atoms with Crippen LogP contribution >= 0.6 is 22.9 Å². The van der Waals surface area contributed by atoms with Gasteiger partial charge in [-0.2, -0.15) is 4.31 Å². The van der Waals surface area contributed by atoms with E-state index in [1.807, 2.05) is 12.1 Å². The number of rotatable bonds is 5. The number of carbonyl (C=O) groups is 1. The first kappa shape index (κ1) is 21.4. The van der Waals surface area contributed by atoms with E-state index in [9.17, 15) is 18.3 Å². The molecule has 5 rings (SSSR count). The van der Waals surface area contributed by atoms with Gasteiger partial charge < -0.3 is 15.0 Å². The van der Waals surface area contributed by atoms with Crippen LogP contribution in [0.3, 0.4) is 0 Å². The first-order chi connectivity index (χ1) is 15.3. The number of aromatic nitrogens is 2. The van der Waals surface area contributed by atoms with Crippen molar-refractivity contribution in [3.05, 3.63) is 59.5 Å². The Labute approximate surface area is 193 Å². The summed E-state index contributed by atoms with van der Waals surface area (Å²) in [5.74, 6) is -0.361. The number of nitrogens with zero attached hydrogens (tertiary/aromatic N) is 3. The van der Waals surface area contributed by atoms with Crippen molar-refractivity contribution in [3.8, 4) is 0 Å². The quantitative estimate of drug-likeness (QED) is 0.447. The molecule has 2 N–H and O–H groups in total. The van der Waals surface area contributed by atoms with E-state index in [2.05, 4.69) is 9.97 Å². The zero-order valence-electron chi connectivity index (χ0n) is 16.7. The molecule has 0 spiro atoms. The van der Waals surface area contributed by atoms with Gasteiger partial charge in [-0.3, -0.25) is 9.78 Å². The van der Waals surface area contributed by atoms with Crippen molar-refractivity contribution in [2.45, 2.75) is 16.8 Å². The lowest BCUT2D eigenvalue weighted by Crippen LogP contribution is -2.58. The second-order valence-electron chi connectivity index (χ2n) is 7.66. The van der Waals surface area contributed by atoms with Crippen LogP contribution < -0.4 is 0 Å². The highest BCUT2D eigenvalue weighted by atomic mass is 35.5. The summed E-state index contributed by atoms with van der Waals surface area (Å²) in [5.41, 5.74) is 1.69. The van der Waals surface area contributed by atoms with Gasteiger partial charge >= 0.3 is 0 Å². The summed E-state index contributed by atoms with van der Waals surface area (Å²) in [6.45, 7) is -0.368. The monoisotopic (exact) mass is 490 g/mol. The Morgan fingerprint density at radius 1 is 1.22 bits per heavy atom. The number of piperazine rings is 1. The van der Waals surface area contributed by atoms with Crippen LogP contribution in [-0.2, 0) is 21.4 Å². The summed E-state index contributed by atoms with van der Waals surface area (Å²) in [5, 5.41) is 12.2. The Kier molecular flexibility index (Phi) is 5.42. The molecule has 0 radical (unpaired) electrons. The zero-order valence-corrected chi connectivity index (χ0v) is 19.1. The van der Waals surface area contributed by atoms with Crippen molar-refractivity contribution in [2.75, 3.05) is 19.7 Å². The van der Waals surface area contributed by atoms with Gasteiger partial charge in [0.1, 0.15) is 4.21 Å². The van der Waals surface area contributed by atoms with Crippen molar-refractivity contribution < 1.29 is 18.3 Å². The summed E-state index contributed by atoms with van der Waals surface area (Å²) >= 11 is 7.13. The summed E-state index contributed by atoms with van der Waals surface area (Å²) in [7, 11) is -3.90. The average molecular weight is 491 g/mol. The Balaban J connectivity index is 1.39. The number of pyridine rings is 1. The van der Waals surface area contributed by atoms with Crippen LogP contribution in [-0.4, -0.2) is 64.3 Å².